The Morgan fingerprint density at radius 1 is 1.08 bits per heavy atom. The molecule has 2 heterocycles. The molecular weight excluding hydrogens is 479 g/mol. The van der Waals surface area contributed by atoms with Crippen molar-refractivity contribution in [2.24, 2.45) is 11.8 Å². The molecule has 0 spiro atoms. The van der Waals surface area contributed by atoms with Crippen LogP contribution in [0.2, 0.25) is 0 Å². The molecule has 3 rings (SSSR count). The first-order valence-electron chi connectivity index (χ1n) is 12.2. The molecule has 0 fully saturated rings. The summed E-state index contributed by atoms with van der Waals surface area (Å²) in [6.45, 7) is 11.0. The van der Waals surface area contributed by atoms with Gasteiger partial charge in [0, 0.05) is 13.6 Å². The fourth-order valence-electron chi connectivity index (χ4n) is 3.52. The van der Waals surface area contributed by atoms with Crippen molar-refractivity contribution < 1.29 is 18.6 Å². The number of anilines is 1. The highest BCUT2D eigenvalue weighted by molar-refractivity contribution is 7.45. The number of rotatable bonds is 14. The molecule has 0 radical (unpaired) electrons. The summed E-state index contributed by atoms with van der Waals surface area (Å²) in [6, 6.07) is 8.87. The molecule has 2 N–H and O–H groups in total. The lowest BCUT2D eigenvalue weighted by atomic mass is 9.93. The molecule has 0 aliphatic heterocycles. The van der Waals surface area contributed by atoms with E-state index in [2.05, 4.69) is 39.2 Å². The maximum Gasteiger partial charge on any atom is 0.323 e. The van der Waals surface area contributed by atoms with Crippen LogP contribution in [0.1, 0.15) is 41.0 Å². The average Bonchev–Trinajstić information content (AvgIpc) is 3.27. The van der Waals surface area contributed by atoms with Gasteiger partial charge in [0.1, 0.15) is 23.6 Å². The molecule has 36 heavy (non-hydrogen) atoms. The van der Waals surface area contributed by atoms with Gasteiger partial charge in [0.25, 0.3) is 0 Å². The van der Waals surface area contributed by atoms with E-state index in [9.17, 15) is 4.79 Å². The lowest BCUT2D eigenvalue weighted by molar-refractivity contribution is -0.149. The highest BCUT2D eigenvalue weighted by atomic mass is 31.2. The highest BCUT2D eigenvalue weighted by Gasteiger charge is 2.25. The Kier molecular flexibility index (Phi) is 10.4. The van der Waals surface area contributed by atoms with Gasteiger partial charge in [0.05, 0.1) is 19.0 Å². The number of hydrogen-bond donors (Lipinski definition) is 2. The molecule has 1 aromatic carbocycles. The number of esters is 1. The maximum absolute atomic E-state index is 12.4. The van der Waals surface area contributed by atoms with Crippen molar-refractivity contribution in [2.45, 2.75) is 59.7 Å². The Balaban J connectivity index is 1.65. The lowest BCUT2D eigenvalue weighted by Crippen LogP contribution is -2.35. The van der Waals surface area contributed by atoms with Crippen LogP contribution in [0.5, 0.6) is 5.75 Å². The van der Waals surface area contributed by atoms with Crippen molar-refractivity contribution in [1.29, 1.82) is 0 Å². The molecule has 0 saturated carbocycles. The van der Waals surface area contributed by atoms with Crippen LogP contribution in [-0.4, -0.2) is 51.3 Å². The van der Waals surface area contributed by atoms with Gasteiger partial charge in [-0.2, -0.15) is 0 Å². The second-order valence-electron chi connectivity index (χ2n) is 9.17. The Labute approximate surface area is 214 Å². The topological polar surface area (TPSA) is 112 Å². The molecule has 0 amide bonds. The molecule has 0 bridgehead atoms. The van der Waals surface area contributed by atoms with E-state index in [1.807, 2.05) is 55.8 Å². The number of aryl methyl sites for hydroxylation is 1. The minimum absolute atomic E-state index is 0.192. The third-order valence-corrected chi connectivity index (χ3v) is 7.02. The van der Waals surface area contributed by atoms with Crippen LogP contribution in [0.3, 0.4) is 0 Å². The zero-order valence-corrected chi connectivity index (χ0v) is 22.7. The van der Waals surface area contributed by atoms with E-state index in [4.69, 9.17) is 13.8 Å². The van der Waals surface area contributed by atoms with E-state index in [0.29, 0.717) is 24.1 Å². The summed E-state index contributed by atoms with van der Waals surface area (Å²) in [5.74, 6) is 1.67. The van der Waals surface area contributed by atoms with Gasteiger partial charge in [-0.25, -0.2) is 20.0 Å². The van der Waals surface area contributed by atoms with Crippen LogP contribution in [0, 0.1) is 11.8 Å². The SMILES string of the molecule is CNc1ncnc2c1ncn2CCC(COP(N[C@@H](C)C(=O)OC(C)C)Oc1ccccc1)C(C)C. The molecule has 3 aromatic rings. The number of carbonyl (C=O) groups is 1. The van der Waals surface area contributed by atoms with Gasteiger partial charge in [0.15, 0.2) is 11.5 Å². The number of hydrogen-bond acceptors (Lipinski definition) is 9. The number of ether oxygens (including phenoxy) is 1. The minimum atomic E-state index is -1.58. The first-order valence-corrected chi connectivity index (χ1v) is 13.4. The number of nitrogens with zero attached hydrogens (tertiary/aromatic N) is 4. The van der Waals surface area contributed by atoms with Gasteiger partial charge in [-0.1, -0.05) is 32.0 Å². The largest absolute Gasteiger partial charge is 0.462 e. The van der Waals surface area contributed by atoms with Gasteiger partial charge in [-0.15, -0.1) is 0 Å². The molecule has 2 unspecified atom stereocenters. The fourth-order valence-corrected chi connectivity index (χ4v) is 4.76. The van der Waals surface area contributed by atoms with Crippen LogP contribution in [0.4, 0.5) is 5.82 Å². The monoisotopic (exact) mass is 516 g/mol. The molecule has 2 aromatic heterocycles. The van der Waals surface area contributed by atoms with E-state index in [1.54, 1.807) is 19.6 Å². The molecule has 10 nitrogen and oxygen atoms in total. The van der Waals surface area contributed by atoms with Crippen molar-refractivity contribution in [3.05, 3.63) is 43.0 Å². The van der Waals surface area contributed by atoms with Crippen LogP contribution in [0.15, 0.2) is 43.0 Å². The summed E-state index contributed by atoms with van der Waals surface area (Å²) in [4.78, 5) is 25.5. The number of para-hydroxylation sites is 1. The molecule has 196 valence electrons. The number of imidazole rings is 1. The number of nitrogens with one attached hydrogen (secondary N) is 2. The molecular formula is C25H37N6O4P. The van der Waals surface area contributed by atoms with Crippen LogP contribution in [-0.2, 0) is 20.6 Å². The summed E-state index contributed by atoms with van der Waals surface area (Å²) in [5, 5.41) is 6.23. The van der Waals surface area contributed by atoms with Crippen LogP contribution >= 0.6 is 8.53 Å². The predicted octanol–water partition coefficient (Wildman–Crippen LogP) is 4.78. The first kappa shape index (κ1) is 27.8. The highest BCUT2D eigenvalue weighted by Crippen LogP contribution is 2.37. The van der Waals surface area contributed by atoms with E-state index in [0.717, 1.165) is 24.1 Å². The van der Waals surface area contributed by atoms with Crippen molar-refractivity contribution in [3.8, 4) is 5.75 Å². The third kappa shape index (κ3) is 7.85. The average molecular weight is 517 g/mol. The zero-order chi connectivity index (χ0) is 26.1. The fraction of sp³-hybridized carbons (Fsp3) is 0.520. The van der Waals surface area contributed by atoms with E-state index < -0.39 is 14.6 Å². The van der Waals surface area contributed by atoms with Gasteiger partial charge < -0.3 is 23.7 Å². The summed E-state index contributed by atoms with van der Waals surface area (Å²) < 4.78 is 19.7. The van der Waals surface area contributed by atoms with Gasteiger partial charge in [-0.3, -0.25) is 4.79 Å². The van der Waals surface area contributed by atoms with E-state index in [1.165, 1.54) is 0 Å². The quantitative estimate of drug-likeness (QED) is 0.231. The maximum atomic E-state index is 12.4. The summed E-state index contributed by atoms with van der Waals surface area (Å²) in [5.41, 5.74) is 1.55. The van der Waals surface area contributed by atoms with Crippen molar-refractivity contribution in [3.63, 3.8) is 0 Å². The zero-order valence-electron chi connectivity index (χ0n) is 21.8. The Morgan fingerprint density at radius 3 is 2.50 bits per heavy atom. The van der Waals surface area contributed by atoms with Crippen molar-refractivity contribution >= 4 is 31.5 Å². The molecule has 0 aliphatic rings. The number of aromatic nitrogens is 4. The first-order chi connectivity index (χ1) is 17.3. The van der Waals surface area contributed by atoms with Crippen molar-refractivity contribution in [2.75, 3.05) is 19.0 Å². The standard InChI is InChI=1S/C25H37N6O4P/c1-17(2)20(12-13-31-16-29-22-23(26-6)27-15-28-24(22)31)14-33-36(35-21-10-8-7-9-11-21)30-19(5)25(32)34-18(3)4/h7-11,15-20,30H,12-14H2,1-6H3,(H,26,27,28)/t19-,20?,36?/m0/s1. The van der Waals surface area contributed by atoms with Gasteiger partial charge in [0.2, 0.25) is 0 Å². The summed E-state index contributed by atoms with van der Waals surface area (Å²) in [7, 11) is 0.239. The smallest absolute Gasteiger partial charge is 0.323 e. The summed E-state index contributed by atoms with van der Waals surface area (Å²) in [6.07, 6.45) is 4.01. The third-order valence-electron chi connectivity index (χ3n) is 5.66. The van der Waals surface area contributed by atoms with Crippen LogP contribution in [0.25, 0.3) is 11.2 Å². The molecule has 0 aliphatic carbocycles. The summed E-state index contributed by atoms with van der Waals surface area (Å²) >= 11 is 0. The normalized spacial score (nSPS) is 14.1. The van der Waals surface area contributed by atoms with Gasteiger partial charge >= 0.3 is 14.5 Å². The second kappa shape index (κ2) is 13.5. The number of carbonyl (C=O) groups excluding carboxylic acids is 1. The number of fused-ring (bicyclic) bond motifs is 1. The second-order valence-corrected chi connectivity index (χ2v) is 10.4. The Hall–Kier alpha value is -2.81. The minimum Gasteiger partial charge on any atom is -0.462 e. The molecule has 11 heteroatoms. The molecule has 3 atom stereocenters. The molecule has 0 saturated heterocycles. The predicted molar refractivity (Wildman–Crippen MR) is 142 cm³/mol. The number of benzene rings is 1. The van der Waals surface area contributed by atoms with Crippen LogP contribution < -0.4 is 14.9 Å². The van der Waals surface area contributed by atoms with E-state index >= 15 is 0 Å². The Bertz CT molecular complexity index is 1090. The lowest BCUT2D eigenvalue weighted by Gasteiger charge is -2.26. The Morgan fingerprint density at radius 2 is 1.83 bits per heavy atom. The van der Waals surface area contributed by atoms with Gasteiger partial charge in [-0.05, 0) is 51.2 Å². The van der Waals surface area contributed by atoms with E-state index in [-0.39, 0.29) is 18.0 Å². The van der Waals surface area contributed by atoms with Crippen molar-refractivity contribution in [1.82, 2.24) is 24.6 Å².